The van der Waals surface area contributed by atoms with Crippen molar-refractivity contribution in [2.45, 2.75) is 6.10 Å². The van der Waals surface area contributed by atoms with E-state index >= 15 is 0 Å². The van der Waals surface area contributed by atoms with Crippen molar-refractivity contribution in [3.8, 4) is 6.07 Å². The van der Waals surface area contributed by atoms with Crippen LogP contribution in [0.4, 0.5) is 5.69 Å². The van der Waals surface area contributed by atoms with Crippen molar-refractivity contribution in [3.63, 3.8) is 0 Å². The Kier molecular flexibility index (Phi) is 3.62. The van der Waals surface area contributed by atoms with Crippen molar-refractivity contribution in [1.29, 1.82) is 5.26 Å². The Hall–Kier alpha value is -1.57. The standard InChI is InChI=1S/C12H11ClN2O2/c13-12-5-10(2-1-9(12)8-16)15-3-4-17-11(6-14)7-15/h1-2,5,8,11H,3-4,7H2. The second-order valence-corrected chi connectivity index (χ2v) is 4.17. The summed E-state index contributed by atoms with van der Waals surface area (Å²) in [6.07, 6.45) is 0.317. The van der Waals surface area contributed by atoms with Crippen LogP contribution in [0, 0.1) is 11.3 Å². The molecular formula is C12H11ClN2O2. The van der Waals surface area contributed by atoms with Gasteiger partial charge in [0, 0.05) is 17.8 Å². The number of anilines is 1. The topological polar surface area (TPSA) is 53.3 Å². The Bertz CT molecular complexity index is 470. The monoisotopic (exact) mass is 250 g/mol. The number of nitriles is 1. The first kappa shape index (κ1) is 11.9. The summed E-state index contributed by atoms with van der Waals surface area (Å²) in [6, 6.07) is 7.34. The van der Waals surface area contributed by atoms with Crippen LogP contribution in [-0.2, 0) is 4.74 Å². The number of carbonyl (C=O) groups excluding carboxylic acids is 1. The highest BCUT2D eigenvalue weighted by molar-refractivity contribution is 6.33. The number of ether oxygens (including phenoxy) is 1. The van der Waals surface area contributed by atoms with Gasteiger partial charge < -0.3 is 9.64 Å². The molecule has 1 saturated heterocycles. The third kappa shape index (κ3) is 2.57. The molecule has 1 fully saturated rings. The second kappa shape index (κ2) is 5.17. The highest BCUT2D eigenvalue weighted by Crippen LogP contribution is 2.24. The number of morpholine rings is 1. The molecule has 0 aromatic heterocycles. The van der Waals surface area contributed by atoms with Crippen molar-refractivity contribution < 1.29 is 9.53 Å². The molecule has 0 aliphatic carbocycles. The predicted octanol–water partition coefficient (Wildman–Crippen LogP) is 1.88. The molecule has 2 rings (SSSR count). The van der Waals surface area contributed by atoms with Gasteiger partial charge in [0.15, 0.2) is 12.4 Å². The molecule has 1 aliphatic heterocycles. The van der Waals surface area contributed by atoms with Gasteiger partial charge in [-0.25, -0.2) is 0 Å². The van der Waals surface area contributed by atoms with E-state index in [4.69, 9.17) is 21.6 Å². The molecule has 0 bridgehead atoms. The van der Waals surface area contributed by atoms with Crippen LogP contribution in [-0.4, -0.2) is 32.1 Å². The molecule has 0 amide bonds. The van der Waals surface area contributed by atoms with Gasteiger partial charge in [0.25, 0.3) is 0 Å². The lowest BCUT2D eigenvalue weighted by molar-refractivity contribution is 0.0764. The van der Waals surface area contributed by atoms with Crippen molar-refractivity contribution >= 4 is 23.6 Å². The molecule has 5 heteroatoms. The van der Waals surface area contributed by atoms with Gasteiger partial charge in [-0.2, -0.15) is 5.26 Å². The van der Waals surface area contributed by atoms with Crippen molar-refractivity contribution in [1.82, 2.24) is 0 Å². The van der Waals surface area contributed by atoms with Crippen LogP contribution in [0.3, 0.4) is 0 Å². The molecule has 0 saturated carbocycles. The Labute approximate surface area is 104 Å². The number of benzene rings is 1. The summed E-state index contributed by atoms with van der Waals surface area (Å²) < 4.78 is 5.26. The van der Waals surface area contributed by atoms with Crippen molar-refractivity contribution in [2.75, 3.05) is 24.6 Å². The molecule has 88 valence electrons. The van der Waals surface area contributed by atoms with Gasteiger partial charge in [-0.1, -0.05) is 11.6 Å². The van der Waals surface area contributed by atoms with Crippen LogP contribution in [0.5, 0.6) is 0 Å². The molecule has 0 radical (unpaired) electrons. The minimum Gasteiger partial charge on any atom is -0.365 e. The summed E-state index contributed by atoms with van der Waals surface area (Å²) in [7, 11) is 0. The first-order chi connectivity index (χ1) is 8.24. The van der Waals surface area contributed by atoms with E-state index in [9.17, 15) is 4.79 Å². The Morgan fingerprint density at radius 1 is 1.59 bits per heavy atom. The minimum atomic E-state index is -0.409. The molecular weight excluding hydrogens is 240 g/mol. The van der Waals surface area contributed by atoms with Gasteiger partial charge in [0.05, 0.1) is 24.2 Å². The molecule has 17 heavy (non-hydrogen) atoms. The average Bonchev–Trinajstić information content (AvgIpc) is 2.38. The van der Waals surface area contributed by atoms with Gasteiger partial charge in [-0.3, -0.25) is 4.79 Å². The Morgan fingerprint density at radius 2 is 2.41 bits per heavy atom. The molecule has 1 unspecified atom stereocenters. The maximum atomic E-state index is 10.7. The summed E-state index contributed by atoms with van der Waals surface area (Å²) in [5.41, 5.74) is 1.38. The summed E-state index contributed by atoms with van der Waals surface area (Å²) in [4.78, 5) is 12.7. The highest BCUT2D eigenvalue weighted by Gasteiger charge is 2.20. The fourth-order valence-corrected chi connectivity index (χ4v) is 1.99. The zero-order valence-electron chi connectivity index (χ0n) is 9.10. The number of nitrogens with zero attached hydrogens (tertiary/aromatic N) is 2. The lowest BCUT2D eigenvalue weighted by Gasteiger charge is -2.31. The van der Waals surface area contributed by atoms with Crippen molar-refractivity contribution in [2.24, 2.45) is 0 Å². The molecule has 1 heterocycles. The largest absolute Gasteiger partial charge is 0.365 e. The first-order valence-corrected chi connectivity index (χ1v) is 5.63. The van der Waals surface area contributed by atoms with Gasteiger partial charge in [-0.05, 0) is 18.2 Å². The number of aldehydes is 1. The molecule has 1 aromatic rings. The lowest BCUT2D eigenvalue weighted by Crippen LogP contribution is -2.41. The quantitative estimate of drug-likeness (QED) is 0.752. The van der Waals surface area contributed by atoms with Crippen molar-refractivity contribution in [3.05, 3.63) is 28.8 Å². The van der Waals surface area contributed by atoms with Crippen LogP contribution >= 0.6 is 11.6 Å². The van der Waals surface area contributed by atoms with Gasteiger partial charge >= 0.3 is 0 Å². The number of hydrogen-bond donors (Lipinski definition) is 0. The fourth-order valence-electron chi connectivity index (χ4n) is 1.77. The SMILES string of the molecule is N#CC1CN(c2ccc(C=O)c(Cl)c2)CCO1. The maximum absolute atomic E-state index is 10.7. The van der Waals surface area contributed by atoms with E-state index in [1.807, 2.05) is 11.0 Å². The fraction of sp³-hybridized carbons (Fsp3) is 0.333. The number of rotatable bonds is 2. The van der Waals surface area contributed by atoms with Gasteiger partial charge in [-0.15, -0.1) is 0 Å². The molecule has 1 atom stereocenters. The van der Waals surface area contributed by atoms with E-state index in [1.165, 1.54) is 0 Å². The van der Waals surface area contributed by atoms with Crippen LogP contribution in [0.15, 0.2) is 18.2 Å². The number of hydrogen-bond acceptors (Lipinski definition) is 4. The van der Waals surface area contributed by atoms with Gasteiger partial charge in [0.2, 0.25) is 0 Å². The van der Waals surface area contributed by atoms with E-state index in [1.54, 1.807) is 12.1 Å². The summed E-state index contributed by atoms with van der Waals surface area (Å²) in [5.74, 6) is 0. The first-order valence-electron chi connectivity index (χ1n) is 5.25. The van der Waals surface area contributed by atoms with E-state index < -0.39 is 6.10 Å². The number of carbonyl (C=O) groups is 1. The predicted molar refractivity (Wildman–Crippen MR) is 64.4 cm³/mol. The third-order valence-electron chi connectivity index (χ3n) is 2.69. The smallest absolute Gasteiger partial charge is 0.161 e. The Balaban J connectivity index is 2.20. The van der Waals surface area contributed by atoms with Crippen LogP contribution in [0.25, 0.3) is 0 Å². The second-order valence-electron chi connectivity index (χ2n) is 3.76. The third-order valence-corrected chi connectivity index (χ3v) is 3.01. The summed E-state index contributed by atoms with van der Waals surface area (Å²) >= 11 is 5.96. The molecule has 1 aliphatic rings. The van der Waals surface area contributed by atoms with Crippen LogP contribution in [0.2, 0.25) is 5.02 Å². The highest BCUT2D eigenvalue weighted by atomic mass is 35.5. The van der Waals surface area contributed by atoms with Crippen LogP contribution in [0.1, 0.15) is 10.4 Å². The zero-order chi connectivity index (χ0) is 12.3. The summed E-state index contributed by atoms with van der Waals surface area (Å²) in [5, 5.41) is 9.25. The molecule has 0 spiro atoms. The average molecular weight is 251 g/mol. The lowest BCUT2D eigenvalue weighted by atomic mass is 10.2. The Morgan fingerprint density at radius 3 is 3.06 bits per heavy atom. The normalized spacial score (nSPS) is 19.8. The van der Waals surface area contributed by atoms with E-state index in [2.05, 4.69) is 6.07 Å². The molecule has 4 nitrogen and oxygen atoms in total. The minimum absolute atomic E-state index is 0.409. The molecule has 0 N–H and O–H groups in total. The summed E-state index contributed by atoms with van der Waals surface area (Å²) in [6.45, 7) is 1.76. The van der Waals surface area contributed by atoms with E-state index in [0.717, 1.165) is 18.5 Å². The number of halogens is 1. The van der Waals surface area contributed by atoms with Crippen LogP contribution < -0.4 is 4.90 Å². The molecule has 1 aromatic carbocycles. The van der Waals surface area contributed by atoms with E-state index in [0.29, 0.717) is 23.7 Å². The maximum Gasteiger partial charge on any atom is 0.161 e. The zero-order valence-corrected chi connectivity index (χ0v) is 9.85. The van der Waals surface area contributed by atoms with Gasteiger partial charge in [0.1, 0.15) is 0 Å². The van der Waals surface area contributed by atoms with E-state index in [-0.39, 0.29) is 0 Å².